The van der Waals surface area contributed by atoms with Gasteiger partial charge in [-0.1, -0.05) is 0 Å². The van der Waals surface area contributed by atoms with E-state index in [1.807, 2.05) is 0 Å². The first-order valence-electron chi connectivity index (χ1n) is 9.29. The molecule has 17 heteroatoms. The lowest BCUT2D eigenvalue weighted by Crippen LogP contribution is -2.54. The number of esters is 4. The number of rotatable bonds is 7. The van der Waals surface area contributed by atoms with E-state index in [0.29, 0.717) is 0 Å². The summed E-state index contributed by atoms with van der Waals surface area (Å²) >= 11 is 0.115. The van der Waals surface area contributed by atoms with Gasteiger partial charge in [0.15, 0.2) is 0 Å². The quantitative estimate of drug-likeness (QED) is 0.210. The maximum atomic E-state index is 14.7. The van der Waals surface area contributed by atoms with Crippen LogP contribution in [-0.4, -0.2) is 83.9 Å². The van der Waals surface area contributed by atoms with Crippen molar-refractivity contribution in [2.24, 2.45) is 5.92 Å². The van der Waals surface area contributed by atoms with E-state index < -0.39 is 80.2 Å². The Morgan fingerprint density at radius 3 is 1.88 bits per heavy atom. The molecule has 3 saturated heterocycles. The van der Waals surface area contributed by atoms with Gasteiger partial charge in [0.2, 0.25) is 12.2 Å². The number of thioether (sulfide) groups is 1. The van der Waals surface area contributed by atoms with Gasteiger partial charge in [-0.3, -0.25) is 14.1 Å². The Morgan fingerprint density at radius 1 is 0.970 bits per heavy atom. The van der Waals surface area contributed by atoms with E-state index in [1.54, 1.807) is 0 Å². The van der Waals surface area contributed by atoms with Gasteiger partial charge in [0.05, 0.1) is 19.1 Å². The molecule has 0 aliphatic carbocycles. The molecule has 3 fully saturated rings. The zero-order valence-electron chi connectivity index (χ0n) is 16.3. The number of cyclic esters (lactones) is 2. The number of carbonyl (C=O) groups excluding carboxylic acids is 4. The second-order valence-electron chi connectivity index (χ2n) is 7.27. The van der Waals surface area contributed by atoms with E-state index in [9.17, 15) is 45.2 Å². The number of alkyl halides is 4. The van der Waals surface area contributed by atoms with Crippen LogP contribution in [0.5, 0.6) is 0 Å². The van der Waals surface area contributed by atoms with E-state index in [1.165, 1.54) is 0 Å². The van der Waals surface area contributed by atoms with Crippen LogP contribution >= 0.6 is 11.8 Å². The molecule has 0 aromatic heterocycles. The van der Waals surface area contributed by atoms with Crippen molar-refractivity contribution in [2.45, 2.75) is 53.1 Å². The molecule has 0 bridgehead atoms. The van der Waals surface area contributed by atoms with Crippen LogP contribution in [0.15, 0.2) is 0 Å². The van der Waals surface area contributed by atoms with E-state index in [0.717, 1.165) is 0 Å². The first-order chi connectivity index (χ1) is 15.2. The molecule has 3 aliphatic heterocycles. The Bertz CT molecular complexity index is 954. The Balaban J connectivity index is 1.86. The summed E-state index contributed by atoms with van der Waals surface area (Å²) in [7, 11) is -6.64. The van der Waals surface area contributed by atoms with Crippen molar-refractivity contribution in [1.29, 1.82) is 0 Å². The molecule has 0 radical (unpaired) electrons. The van der Waals surface area contributed by atoms with Crippen LogP contribution in [0.2, 0.25) is 0 Å². The highest BCUT2D eigenvalue weighted by molar-refractivity contribution is 8.02. The topological polar surface area (TPSA) is 160 Å². The Labute approximate surface area is 187 Å². The SMILES string of the molecule is O=C1OCCC1OC(=O)C1CC(C(F)(F)C(F)(F)S(=O)(=O)O)C(C(=O)OC2CCOC2=O)S1. The Kier molecular flexibility index (Phi) is 6.87. The summed E-state index contributed by atoms with van der Waals surface area (Å²) in [5.74, 6) is -13.2. The summed E-state index contributed by atoms with van der Waals surface area (Å²) in [6, 6.07) is 0. The van der Waals surface area contributed by atoms with Crippen LogP contribution in [0, 0.1) is 5.92 Å². The molecule has 0 amide bonds. The minimum Gasteiger partial charge on any atom is -0.463 e. The average molecular weight is 524 g/mol. The smallest absolute Gasteiger partial charge is 0.431 e. The predicted octanol–water partition coefficient (Wildman–Crippen LogP) is 0.310. The molecule has 0 aromatic rings. The standard InChI is InChI=1S/C16H16F4O11S2/c17-15(18,16(19,20)33(25,26)27)6-5-9(13(23)30-7-1-3-28-11(7)21)32-10(6)14(24)31-8-2-4-29-12(8)22/h6-10H,1-5H2,(H,25,26,27). The van der Waals surface area contributed by atoms with E-state index in [4.69, 9.17) is 14.0 Å². The highest BCUT2D eigenvalue weighted by Crippen LogP contribution is 2.53. The van der Waals surface area contributed by atoms with Gasteiger partial charge in [-0.25, -0.2) is 9.59 Å². The minimum absolute atomic E-state index is 0.0440. The zero-order chi connectivity index (χ0) is 24.8. The van der Waals surface area contributed by atoms with Crippen LogP contribution in [0.4, 0.5) is 17.6 Å². The molecule has 3 heterocycles. The number of halogens is 4. The molecule has 1 N–H and O–H groups in total. The molecule has 5 unspecified atom stereocenters. The molecule has 0 saturated carbocycles. The third kappa shape index (κ3) is 4.75. The zero-order valence-corrected chi connectivity index (χ0v) is 17.9. The fraction of sp³-hybridized carbons (Fsp3) is 0.750. The maximum absolute atomic E-state index is 14.7. The third-order valence-electron chi connectivity index (χ3n) is 5.11. The number of hydrogen-bond acceptors (Lipinski definition) is 11. The number of ether oxygens (including phenoxy) is 4. The van der Waals surface area contributed by atoms with Gasteiger partial charge in [-0.2, -0.15) is 26.0 Å². The molecule has 33 heavy (non-hydrogen) atoms. The highest BCUT2D eigenvalue weighted by Gasteiger charge is 2.72. The molecule has 186 valence electrons. The van der Waals surface area contributed by atoms with Gasteiger partial charge in [-0.05, 0) is 6.42 Å². The Hall–Kier alpha value is -2.14. The van der Waals surface area contributed by atoms with Crippen molar-refractivity contribution in [2.75, 3.05) is 13.2 Å². The monoisotopic (exact) mass is 524 g/mol. The van der Waals surface area contributed by atoms with Crippen molar-refractivity contribution < 1.29 is 68.7 Å². The first-order valence-corrected chi connectivity index (χ1v) is 11.7. The van der Waals surface area contributed by atoms with Gasteiger partial charge in [0.25, 0.3) is 0 Å². The van der Waals surface area contributed by atoms with Crippen molar-refractivity contribution in [1.82, 2.24) is 0 Å². The summed E-state index contributed by atoms with van der Waals surface area (Å²) in [5.41, 5.74) is 0. The summed E-state index contributed by atoms with van der Waals surface area (Å²) < 4.78 is 107. The van der Waals surface area contributed by atoms with Crippen LogP contribution in [-0.2, 0) is 48.2 Å². The van der Waals surface area contributed by atoms with Crippen LogP contribution in [0.25, 0.3) is 0 Å². The maximum Gasteiger partial charge on any atom is 0.431 e. The second kappa shape index (κ2) is 8.90. The highest BCUT2D eigenvalue weighted by atomic mass is 32.2. The van der Waals surface area contributed by atoms with Crippen LogP contribution in [0.3, 0.4) is 0 Å². The van der Waals surface area contributed by atoms with Crippen molar-refractivity contribution in [3.8, 4) is 0 Å². The number of hydrogen-bond donors (Lipinski definition) is 1. The van der Waals surface area contributed by atoms with Crippen molar-refractivity contribution in [3.05, 3.63) is 0 Å². The molecular formula is C16H16F4O11S2. The molecule has 3 rings (SSSR count). The summed E-state index contributed by atoms with van der Waals surface area (Å²) in [6.45, 7) is -0.232. The lowest BCUT2D eigenvalue weighted by Gasteiger charge is -2.31. The van der Waals surface area contributed by atoms with Gasteiger partial charge in [-0.15, -0.1) is 11.8 Å². The van der Waals surface area contributed by atoms with Crippen molar-refractivity contribution in [3.63, 3.8) is 0 Å². The average Bonchev–Trinajstić information content (AvgIpc) is 3.42. The van der Waals surface area contributed by atoms with E-state index >= 15 is 0 Å². The fourth-order valence-corrected chi connectivity index (χ4v) is 5.34. The van der Waals surface area contributed by atoms with Gasteiger partial charge in [0, 0.05) is 12.8 Å². The first kappa shape index (κ1) is 25.5. The Morgan fingerprint density at radius 2 is 1.45 bits per heavy atom. The lowest BCUT2D eigenvalue weighted by molar-refractivity contribution is -0.198. The minimum atomic E-state index is -6.64. The van der Waals surface area contributed by atoms with E-state index in [2.05, 4.69) is 9.47 Å². The summed E-state index contributed by atoms with van der Waals surface area (Å²) in [4.78, 5) is 47.8. The fourth-order valence-electron chi connectivity index (χ4n) is 3.37. The largest absolute Gasteiger partial charge is 0.463 e. The summed E-state index contributed by atoms with van der Waals surface area (Å²) in [6.07, 6.45) is -4.25. The molecule has 3 aliphatic rings. The number of carbonyl (C=O) groups is 4. The molecule has 0 aromatic carbocycles. The summed E-state index contributed by atoms with van der Waals surface area (Å²) in [5, 5.41) is -9.99. The van der Waals surface area contributed by atoms with Gasteiger partial charge in [0.1, 0.15) is 10.5 Å². The van der Waals surface area contributed by atoms with Gasteiger partial charge < -0.3 is 18.9 Å². The normalized spacial score (nSPS) is 30.6. The van der Waals surface area contributed by atoms with Crippen LogP contribution in [0.1, 0.15) is 19.3 Å². The van der Waals surface area contributed by atoms with Gasteiger partial charge >= 0.3 is 45.2 Å². The molecular weight excluding hydrogens is 508 g/mol. The lowest BCUT2D eigenvalue weighted by atomic mass is 9.92. The molecule has 5 atom stereocenters. The van der Waals surface area contributed by atoms with Crippen LogP contribution < -0.4 is 0 Å². The van der Waals surface area contributed by atoms with E-state index in [-0.39, 0.29) is 37.8 Å². The van der Waals surface area contributed by atoms with Crippen molar-refractivity contribution >= 4 is 45.8 Å². The third-order valence-corrected chi connectivity index (χ3v) is 7.56. The second-order valence-corrected chi connectivity index (χ2v) is 10.1. The predicted molar refractivity (Wildman–Crippen MR) is 95.6 cm³/mol. The molecule has 11 nitrogen and oxygen atoms in total. The molecule has 0 spiro atoms.